The number of rotatable bonds is 5. The number of hydrogen-bond donors (Lipinski definition) is 1. The molecule has 0 radical (unpaired) electrons. The zero-order chi connectivity index (χ0) is 15.6. The summed E-state index contributed by atoms with van der Waals surface area (Å²) in [5.74, 6) is -0.851. The molecule has 4 nitrogen and oxygen atoms in total. The van der Waals surface area contributed by atoms with Gasteiger partial charge in [0.2, 0.25) is 0 Å². The Balaban J connectivity index is 2.12. The number of benzene rings is 1. The second-order valence-electron chi connectivity index (χ2n) is 5.88. The molecule has 1 fully saturated rings. The fraction of sp³-hybridized carbons (Fsp3) is 0.562. The van der Waals surface area contributed by atoms with Crippen LogP contribution in [-0.4, -0.2) is 31.8 Å². The van der Waals surface area contributed by atoms with Crippen molar-refractivity contribution in [3.63, 3.8) is 0 Å². The van der Waals surface area contributed by atoms with E-state index in [-0.39, 0.29) is 23.4 Å². The van der Waals surface area contributed by atoms with E-state index in [2.05, 4.69) is 23.9 Å². The Morgan fingerprint density at radius 2 is 2.19 bits per heavy atom. The van der Waals surface area contributed by atoms with Gasteiger partial charge >= 0.3 is 5.97 Å². The van der Waals surface area contributed by atoms with Crippen molar-refractivity contribution < 1.29 is 18.7 Å². The molecule has 0 amide bonds. The molecule has 0 spiro atoms. The zero-order valence-corrected chi connectivity index (χ0v) is 12.9. The molecular weight excluding hydrogens is 273 g/mol. The van der Waals surface area contributed by atoms with E-state index in [1.165, 1.54) is 25.3 Å². The van der Waals surface area contributed by atoms with Crippen LogP contribution in [0.4, 0.5) is 10.1 Å². The molecule has 0 aromatic heterocycles. The maximum atomic E-state index is 13.9. The summed E-state index contributed by atoms with van der Waals surface area (Å²) < 4.78 is 24.2. The minimum Gasteiger partial charge on any atom is -0.465 e. The van der Waals surface area contributed by atoms with Crippen molar-refractivity contribution in [1.82, 2.24) is 0 Å². The Bertz CT molecular complexity index is 530. The summed E-state index contributed by atoms with van der Waals surface area (Å²) in [6.45, 7) is 6.83. The maximum absolute atomic E-state index is 13.9. The predicted molar refractivity (Wildman–Crippen MR) is 79.0 cm³/mol. The lowest BCUT2D eigenvalue weighted by molar-refractivity contribution is -0.0976. The molecule has 1 N–H and O–H groups in total. The van der Waals surface area contributed by atoms with Gasteiger partial charge < -0.3 is 14.8 Å². The largest absolute Gasteiger partial charge is 0.465 e. The van der Waals surface area contributed by atoms with Crippen LogP contribution in [-0.2, 0) is 9.47 Å². The highest BCUT2D eigenvalue weighted by atomic mass is 19.1. The Hall–Kier alpha value is -1.62. The first-order valence-electron chi connectivity index (χ1n) is 7.16. The molecule has 1 saturated carbocycles. The van der Waals surface area contributed by atoms with E-state index in [0.717, 1.165) is 6.42 Å². The quantitative estimate of drug-likeness (QED) is 0.847. The van der Waals surface area contributed by atoms with Gasteiger partial charge in [-0.3, -0.25) is 0 Å². The lowest BCUT2D eigenvalue weighted by atomic mass is 9.64. The summed E-state index contributed by atoms with van der Waals surface area (Å²) in [7, 11) is 1.31. The van der Waals surface area contributed by atoms with E-state index in [1.807, 2.05) is 6.92 Å². The molecule has 5 heteroatoms. The molecule has 116 valence electrons. The van der Waals surface area contributed by atoms with Gasteiger partial charge in [-0.05, 0) is 31.5 Å². The van der Waals surface area contributed by atoms with Crippen LogP contribution in [0.1, 0.15) is 37.6 Å². The van der Waals surface area contributed by atoms with Gasteiger partial charge in [0.15, 0.2) is 0 Å². The van der Waals surface area contributed by atoms with E-state index in [1.54, 1.807) is 0 Å². The molecule has 0 saturated heterocycles. The van der Waals surface area contributed by atoms with E-state index in [9.17, 15) is 9.18 Å². The van der Waals surface area contributed by atoms with Gasteiger partial charge in [-0.25, -0.2) is 9.18 Å². The fourth-order valence-electron chi connectivity index (χ4n) is 2.68. The Labute approximate surface area is 124 Å². The van der Waals surface area contributed by atoms with Gasteiger partial charge in [-0.2, -0.15) is 0 Å². The van der Waals surface area contributed by atoms with E-state index < -0.39 is 5.97 Å². The molecule has 1 aliphatic rings. The first-order chi connectivity index (χ1) is 9.90. The second kappa shape index (κ2) is 6.02. The topological polar surface area (TPSA) is 47.6 Å². The number of methoxy groups -OCH3 is 1. The van der Waals surface area contributed by atoms with Crippen molar-refractivity contribution in [2.24, 2.45) is 5.41 Å². The van der Waals surface area contributed by atoms with Crippen LogP contribution in [0.3, 0.4) is 0 Å². The summed E-state index contributed by atoms with van der Waals surface area (Å²) in [6.07, 6.45) is 0.995. The summed E-state index contributed by atoms with van der Waals surface area (Å²) in [5, 5.41) is 3.18. The predicted octanol–water partition coefficient (Wildman–Crippen LogP) is 3.23. The van der Waals surface area contributed by atoms with Gasteiger partial charge in [0, 0.05) is 18.1 Å². The Morgan fingerprint density at radius 1 is 1.48 bits per heavy atom. The molecule has 2 atom stereocenters. The Kier molecular flexibility index (Phi) is 4.52. The third-order valence-corrected chi connectivity index (χ3v) is 4.26. The molecule has 0 aliphatic heterocycles. The highest BCUT2D eigenvalue weighted by Gasteiger charge is 2.49. The average molecular weight is 295 g/mol. The van der Waals surface area contributed by atoms with Crippen molar-refractivity contribution in [2.45, 2.75) is 39.3 Å². The van der Waals surface area contributed by atoms with Crippen molar-refractivity contribution in [3.05, 3.63) is 29.6 Å². The molecule has 0 heterocycles. The van der Waals surface area contributed by atoms with Crippen molar-refractivity contribution in [3.8, 4) is 0 Å². The van der Waals surface area contributed by atoms with Crippen LogP contribution in [0.5, 0.6) is 0 Å². The summed E-state index contributed by atoms with van der Waals surface area (Å²) in [4.78, 5) is 11.5. The molecule has 21 heavy (non-hydrogen) atoms. The molecule has 0 bridgehead atoms. The lowest BCUT2D eigenvalue weighted by Gasteiger charge is -2.52. The van der Waals surface area contributed by atoms with Crippen molar-refractivity contribution in [1.29, 1.82) is 0 Å². The number of nitrogens with one attached hydrogen (secondary N) is 1. The maximum Gasteiger partial charge on any atom is 0.337 e. The number of anilines is 1. The van der Waals surface area contributed by atoms with Crippen LogP contribution >= 0.6 is 0 Å². The minimum absolute atomic E-state index is 0.0796. The number of ether oxygens (including phenoxy) is 2. The molecule has 2 rings (SSSR count). The van der Waals surface area contributed by atoms with Crippen molar-refractivity contribution in [2.75, 3.05) is 19.0 Å². The zero-order valence-electron chi connectivity index (χ0n) is 12.9. The van der Waals surface area contributed by atoms with Crippen LogP contribution in [0.2, 0.25) is 0 Å². The number of hydrogen-bond acceptors (Lipinski definition) is 4. The smallest absolute Gasteiger partial charge is 0.337 e. The highest BCUT2D eigenvalue weighted by molar-refractivity contribution is 5.90. The van der Waals surface area contributed by atoms with Gasteiger partial charge in [0.05, 0.1) is 24.5 Å². The fourth-order valence-corrected chi connectivity index (χ4v) is 2.68. The molecule has 2 unspecified atom stereocenters. The SMILES string of the molecule is CCOC1CC(Nc2cc(C(=O)OC)ccc2F)C1(C)C. The number of esters is 1. The standard InChI is InChI=1S/C16H22FNO3/c1-5-21-14-9-13(16(14,2)3)18-12-8-10(15(19)20-4)6-7-11(12)17/h6-8,13-14,18H,5,9H2,1-4H3. The van der Waals surface area contributed by atoms with Gasteiger partial charge in [0.1, 0.15) is 5.82 Å². The second-order valence-corrected chi connectivity index (χ2v) is 5.88. The minimum atomic E-state index is -0.474. The number of carbonyl (C=O) groups is 1. The molecular formula is C16H22FNO3. The van der Waals surface area contributed by atoms with Crippen LogP contribution in [0.25, 0.3) is 0 Å². The van der Waals surface area contributed by atoms with E-state index >= 15 is 0 Å². The van der Waals surface area contributed by atoms with Gasteiger partial charge in [0.25, 0.3) is 0 Å². The van der Waals surface area contributed by atoms with Crippen LogP contribution < -0.4 is 5.32 Å². The third-order valence-electron chi connectivity index (χ3n) is 4.26. The monoisotopic (exact) mass is 295 g/mol. The van der Waals surface area contributed by atoms with Crippen molar-refractivity contribution >= 4 is 11.7 Å². The summed E-state index contributed by atoms with van der Waals surface area (Å²) in [5.41, 5.74) is 0.579. The summed E-state index contributed by atoms with van der Waals surface area (Å²) in [6, 6.07) is 4.30. The summed E-state index contributed by atoms with van der Waals surface area (Å²) >= 11 is 0. The first kappa shape index (κ1) is 15.8. The average Bonchev–Trinajstić information content (AvgIpc) is 2.47. The molecule has 1 aromatic rings. The highest BCUT2D eigenvalue weighted by Crippen LogP contribution is 2.44. The normalized spacial score (nSPS) is 23.3. The van der Waals surface area contributed by atoms with Crippen LogP contribution in [0, 0.1) is 11.2 Å². The van der Waals surface area contributed by atoms with Crippen LogP contribution in [0.15, 0.2) is 18.2 Å². The van der Waals surface area contributed by atoms with Gasteiger partial charge in [-0.15, -0.1) is 0 Å². The number of halogens is 1. The molecule has 1 aliphatic carbocycles. The van der Waals surface area contributed by atoms with E-state index in [4.69, 9.17) is 4.74 Å². The third kappa shape index (κ3) is 3.02. The Morgan fingerprint density at radius 3 is 2.76 bits per heavy atom. The lowest BCUT2D eigenvalue weighted by Crippen LogP contribution is -2.58. The van der Waals surface area contributed by atoms with E-state index in [0.29, 0.717) is 17.9 Å². The molecule has 1 aromatic carbocycles. The first-order valence-corrected chi connectivity index (χ1v) is 7.16. The number of carbonyl (C=O) groups excluding carboxylic acids is 1. The van der Waals surface area contributed by atoms with Gasteiger partial charge in [-0.1, -0.05) is 13.8 Å².